The minimum atomic E-state index is -0.643. The highest BCUT2D eigenvalue weighted by Crippen LogP contribution is 2.32. The first-order valence-electron chi connectivity index (χ1n) is 21.7. The highest BCUT2D eigenvalue weighted by Gasteiger charge is 2.36. The van der Waals surface area contributed by atoms with E-state index < -0.39 is 17.9 Å². The van der Waals surface area contributed by atoms with Gasteiger partial charge in [0.05, 0.1) is 18.3 Å². The van der Waals surface area contributed by atoms with Crippen molar-refractivity contribution in [1.29, 1.82) is 0 Å². The number of likely N-dealkylation sites (tertiary alicyclic amines) is 2. The third-order valence-corrected chi connectivity index (χ3v) is 13.6. The molecule has 6 N–H and O–H groups in total. The minimum Gasteiger partial charge on any atom is -0.364 e. The lowest BCUT2D eigenvalue weighted by Gasteiger charge is -2.42. The van der Waals surface area contributed by atoms with Crippen molar-refractivity contribution >= 4 is 47.0 Å². The maximum atomic E-state index is 12.8. The van der Waals surface area contributed by atoms with Crippen LogP contribution in [0.1, 0.15) is 86.2 Å². The summed E-state index contributed by atoms with van der Waals surface area (Å²) in [5, 5.41) is 11.9. The number of carbonyl (C=O) groups is 5. The number of urea groups is 1. The second kappa shape index (κ2) is 18.2. The van der Waals surface area contributed by atoms with Gasteiger partial charge in [-0.25, -0.2) is 14.8 Å². The van der Waals surface area contributed by atoms with Crippen LogP contribution in [0.3, 0.4) is 0 Å². The highest BCUT2D eigenvalue weighted by molar-refractivity contribution is 6.02. The minimum absolute atomic E-state index is 0.0717. The van der Waals surface area contributed by atoms with E-state index in [1.54, 1.807) is 11.1 Å². The number of carbonyl (C=O) groups excluding carboxylic acids is 5. The van der Waals surface area contributed by atoms with E-state index in [4.69, 9.17) is 10.7 Å². The molecule has 0 radical (unpaired) electrons. The molecule has 7 heterocycles. The van der Waals surface area contributed by atoms with Crippen molar-refractivity contribution in [3.63, 3.8) is 0 Å². The van der Waals surface area contributed by atoms with E-state index in [1.807, 2.05) is 24.1 Å². The van der Waals surface area contributed by atoms with Gasteiger partial charge in [-0.05, 0) is 113 Å². The molecule has 318 valence electrons. The van der Waals surface area contributed by atoms with E-state index in [9.17, 15) is 24.0 Å². The molecule has 17 nitrogen and oxygen atoms in total. The number of hydrogen-bond acceptors (Lipinski definition) is 12. The molecule has 17 heteroatoms. The molecule has 6 aliphatic rings. The van der Waals surface area contributed by atoms with Gasteiger partial charge in [-0.1, -0.05) is 12.1 Å². The number of imide groups is 1. The molecule has 6 amide bonds. The molecule has 2 unspecified atom stereocenters. The van der Waals surface area contributed by atoms with Gasteiger partial charge in [0.25, 0.3) is 5.91 Å². The molecular weight excluding hydrogens is 753 g/mol. The van der Waals surface area contributed by atoms with Crippen LogP contribution in [0.25, 0.3) is 0 Å². The van der Waals surface area contributed by atoms with E-state index in [-0.39, 0.29) is 42.0 Å². The van der Waals surface area contributed by atoms with Crippen LogP contribution in [-0.4, -0.2) is 156 Å². The Labute approximate surface area is 346 Å². The summed E-state index contributed by atoms with van der Waals surface area (Å²) in [5.41, 5.74) is 7.94. The highest BCUT2D eigenvalue weighted by atomic mass is 16.2. The lowest BCUT2D eigenvalue weighted by Crippen LogP contribution is -2.59. The summed E-state index contributed by atoms with van der Waals surface area (Å²) < 4.78 is 0. The number of nitrogens with two attached hydrogens (primary N) is 1. The fourth-order valence-corrected chi connectivity index (χ4v) is 9.99. The van der Waals surface area contributed by atoms with Gasteiger partial charge in [0.1, 0.15) is 11.9 Å². The number of nitrogens with one attached hydrogen (secondary N) is 4. The lowest BCUT2D eigenvalue weighted by molar-refractivity contribution is -0.137. The Morgan fingerprint density at radius 2 is 1.66 bits per heavy atom. The maximum absolute atomic E-state index is 12.8. The molecule has 8 rings (SSSR count). The second-order valence-corrected chi connectivity index (χ2v) is 17.4. The van der Waals surface area contributed by atoms with Crippen LogP contribution >= 0.6 is 0 Å². The first-order chi connectivity index (χ1) is 28.6. The Hall–Kier alpha value is -4.87. The summed E-state index contributed by atoms with van der Waals surface area (Å²) in [6, 6.07) is 8.08. The van der Waals surface area contributed by atoms with Gasteiger partial charge in [0.2, 0.25) is 17.7 Å². The van der Waals surface area contributed by atoms with E-state index in [0.717, 1.165) is 103 Å². The van der Waals surface area contributed by atoms with Gasteiger partial charge < -0.3 is 41.3 Å². The number of primary amides is 1. The molecule has 2 aromatic rings. The van der Waals surface area contributed by atoms with Crippen LogP contribution in [0, 0.1) is 5.92 Å². The third kappa shape index (κ3) is 9.62. The first kappa shape index (κ1) is 40.9. The van der Waals surface area contributed by atoms with Gasteiger partial charge in [0, 0.05) is 64.5 Å². The average molecular weight is 813 g/mol. The van der Waals surface area contributed by atoms with Crippen molar-refractivity contribution < 1.29 is 24.0 Å². The quantitative estimate of drug-likeness (QED) is 0.206. The molecule has 1 aromatic carbocycles. The largest absolute Gasteiger partial charge is 0.364 e. The van der Waals surface area contributed by atoms with Crippen LogP contribution in [0.5, 0.6) is 0 Å². The van der Waals surface area contributed by atoms with Crippen molar-refractivity contribution in [3.8, 4) is 0 Å². The van der Waals surface area contributed by atoms with Crippen molar-refractivity contribution in [2.45, 2.75) is 94.3 Å². The van der Waals surface area contributed by atoms with Crippen molar-refractivity contribution in [3.05, 3.63) is 41.7 Å². The van der Waals surface area contributed by atoms with Gasteiger partial charge >= 0.3 is 6.03 Å². The molecular formula is C42H60N12O5. The molecule has 1 aromatic heterocycles. The van der Waals surface area contributed by atoms with E-state index >= 15 is 0 Å². The Bertz CT molecular complexity index is 1860. The van der Waals surface area contributed by atoms with E-state index in [2.05, 4.69) is 53.1 Å². The lowest BCUT2D eigenvalue weighted by atomic mass is 9.88. The van der Waals surface area contributed by atoms with Crippen molar-refractivity contribution in [1.82, 2.24) is 45.5 Å². The molecule has 6 saturated heterocycles. The summed E-state index contributed by atoms with van der Waals surface area (Å²) in [4.78, 5) is 81.7. The van der Waals surface area contributed by atoms with Crippen LogP contribution in [0.2, 0.25) is 0 Å². The normalized spacial score (nSPS) is 26.9. The molecule has 6 aliphatic heterocycles. The number of anilines is 3. The Kier molecular flexibility index (Phi) is 12.6. The predicted octanol–water partition coefficient (Wildman–Crippen LogP) is 1.59. The zero-order chi connectivity index (χ0) is 41.0. The van der Waals surface area contributed by atoms with E-state index in [0.29, 0.717) is 42.5 Å². The van der Waals surface area contributed by atoms with Crippen LogP contribution in [0.15, 0.2) is 30.5 Å². The molecule has 0 saturated carbocycles. The number of rotatable bonds is 11. The van der Waals surface area contributed by atoms with Gasteiger partial charge in [-0.3, -0.25) is 29.4 Å². The van der Waals surface area contributed by atoms with Crippen molar-refractivity contribution in [2.75, 3.05) is 82.7 Å². The van der Waals surface area contributed by atoms with E-state index in [1.165, 1.54) is 18.4 Å². The number of piperidine rings is 5. The zero-order valence-electron chi connectivity index (χ0n) is 34.2. The predicted molar refractivity (Wildman–Crippen MR) is 222 cm³/mol. The standard InChI is InChI=1S/C42H60N12O5/c1-50-21-22-54(42(50)59)32-3-2-16-53(26-32)35-24-45-37(38(43)56)39(48-35)46-30-6-4-28(5-7-30)29-14-17-51(18-15-29)25-27-12-19-52(20-13-27)31-8-9-33(44-23-31)40(57)47-34-10-11-36(55)49-41(34)58/h4-7,24,27,29,31-34,44H,2-3,8-23,25-26H2,1H3,(H2,43,56)(H,46,48)(H,47,57)(H,49,55,58)/t31?,32-,33?,34+/m1/s1. The number of amides is 6. The Morgan fingerprint density at radius 3 is 2.34 bits per heavy atom. The fraction of sp³-hybridized carbons (Fsp3) is 0.643. The maximum Gasteiger partial charge on any atom is 0.320 e. The number of likely N-dealkylation sites (N-methyl/N-ethyl adjacent to an activating group) is 1. The first-order valence-corrected chi connectivity index (χ1v) is 21.7. The molecule has 6 fully saturated rings. The van der Waals surface area contributed by atoms with Gasteiger partial charge in [-0.15, -0.1) is 0 Å². The number of nitrogens with zero attached hydrogens (tertiary/aromatic N) is 7. The smallest absolute Gasteiger partial charge is 0.320 e. The number of benzene rings is 1. The summed E-state index contributed by atoms with van der Waals surface area (Å²) in [7, 11) is 1.84. The number of aromatic nitrogens is 2. The molecule has 0 bridgehead atoms. The Balaban J connectivity index is 0.766. The fourth-order valence-electron chi connectivity index (χ4n) is 9.99. The molecule has 0 aliphatic carbocycles. The topological polar surface area (TPSA) is 201 Å². The summed E-state index contributed by atoms with van der Waals surface area (Å²) in [6.45, 7) is 9.17. The summed E-state index contributed by atoms with van der Waals surface area (Å²) >= 11 is 0. The molecule has 59 heavy (non-hydrogen) atoms. The average Bonchev–Trinajstić information content (AvgIpc) is 3.59. The monoisotopic (exact) mass is 812 g/mol. The van der Waals surface area contributed by atoms with Gasteiger partial charge in [-0.2, -0.15) is 0 Å². The molecule has 0 spiro atoms. The van der Waals surface area contributed by atoms with Gasteiger partial charge in [0.15, 0.2) is 11.5 Å². The molecule has 4 atom stereocenters. The van der Waals surface area contributed by atoms with Crippen LogP contribution in [-0.2, 0) is 14.4 Å². The Morgan fingerprint density at radius 1 is 0.881 bits per heavy atom. The summed E-state index contributed by atoms with van der Waals surface area (Å²) in [6.07, 6.45) is 10.4. The zero-order valence-corrected chi connectivity index (χ0v) is 34.2. The number of hydrogen-bond donors (Lipinski definition) is 5. The van der Waals surface area contributed by atoms with Crippen LogP contribution in [0.4, 0.5) is 22.1 Å². The van der Waals surface area contributed by atoms with Crippen molar-refractivity contribution in [2.24, 2.45) is 11.7 Å². The second-order valence-electron chi connectivity index (χ2n) is 17.4. The SMILES string of the molecule is CN1CCN([C@@H]2CCCN(c3cnc(C(N)=O)c(Nc4ccc(C5CCN(CC6CCN(C7CCC(C(=O)N[C@H]8CCC(=O)NC8=O)NC7)CC6)CC5)cc4)n3)C2)C1=O. The van der Waals surface area contributed by atoms with Crippen LogP contribution < -0.4 is 31.9 Å². The third-order valence-electron chi connectivity index (χ3n) is 13.6. The summed E-state index contributed by atoms with van der Waals surface area (Å²) in [5.74, 6) is 0.678.